The van der Waals surface area contributed by atoms with Crippen LogP contribution in [0.2, 0.25) is 5.02 Å². The Labute approximate surface area is 219 Å². The van der Waals surface area contributed by atoms with Crippen LogP contribution >= 0.6 is 11.6 Å². The van der Waals surface area contributed by atoms with E-state index in [-0.39, 0.29) is 17.9 Å². The van der Waals surface area contributed by atoms with Crippen molar-refractivity contribution in [2.45, 2.75) is 57.9 Å². The Kier molecular flexibility index (Phi) is 9.00. The van der Waals surface area contributed by atoms with Crippen molar-refractivity contribution < 1.29 is 18.3 Å². The summed E-state index contributed by atoms with van der Waals surface area (Å²) in [7, 11) is 1.62. The zero-order chi connectivity index (χ0) is 25.7. The quantitative estimate of drug-likeness (QED) is 0.412. The van der Waals surface area contributed by atoms with Crippen molar-refractivity contribution in [3.8, 4) is 5.75 Å². The third kappa shape index (κ3) is 6.08. The van der Waals surface area contributed by atoms with E-state index in [0.717, 1.165) is 49.8 Å². The Hall–Kier alpha value is -2.47. The number of hydrogen-bond donors (Lipinski definition) is 3. The molecule has 1 aliphatic heterocycles. The minimum Gasteiger partial charge on any atom is -0.760 e. The number of fused-ring (bicyclic) bond motifs is 1. The summed E-state index contributed by atoms with van der Waals surface area (Å²) in [6, 6.07) is 3.84. The number of aromatic nitrogens is 2. The second kappa shape index (κ2) is 12.2. The number of ether oxygens (including phenoxy) is 1. The molecule has 0 radical (unpaired) electrons. The number of nitrogens with one attached hydrogen (secondary N) is 3. The Bertz CT molecular complexity index is 1120. The number of rotatable bonds is 9. The minimum atomic E-state index is -2.29. The first-order valence-corrected chi connectivity index (χ1v) is 13.8. The van der Waals surface area contributed by atoms with Crippen LogP contribution in [0.1, 0.15) is 51.0 Å². The summed E-state index contributed by atoms with van der Waals surface area (Å²) in [4.78, 5) is 23.3. The molecule has 1 fully saturated rings. The second-order valence-electron chi connectivity index (χ2n) is 9.03. The molecule has 1 unspecified atom stereocenters. The number of anilines is 4. The maximum Gasteiger partial charge on any atom is 0.229 e. The van der Waals surface area contributed by atoms with Crippen molar-refractivity contribution in [1.82, 2.24) is 14.7 Å². The monoisotopic (exact) mass is 535 g/mol. The zero-order valence-electron chi connectivity index (χ0n) is 20.5. The highest BCUT2D eigenvalue weighted by molar-refractivity contribution is 7.77. The first-order valence-electron chi connectivity index (χ1n) is 12.3. The molecule has 0 spiro atoms. The van der Waals surface area contributed by atoms with Gasteiger partial charge in [-0.2, -0.15) is 4.98 Å². The van der Waals surface area contributed by atoms with E-state index < -0.39 is 11.3 Å². The summed E-state index contributed by atoms with van der Waals surface area (Å²) < 4.78 is 30.2. The van der Waals surface area contributed by atoms with E-state index in [1.807, 2.05) is 19.1 Å². The van der Waals surface area contributed by atoms with Crippen LogP contribution < -0.4 is 25.0 Å². The van der Waals surface area contributed by atoms with Crippen molar-refractivity contribution in [2.24, 2.45) is 5.92 Å². The van der Waals surface area contributed by atoms with E-state index in [0.29, 0.717) is 47.7 Å². The van der Waals surface area contributed by atoms with Gasteiger partial charge in [0.05, 0.1) is 24.7 Å². The first-order chi connectivity index (χ1) is 17.4. The van der Waals surface area contributed by atoms with Gasteiger partial charge in [-0.1, -0.05) is 24.4 Å². The number of carbonyl (C=O) groups is 1. The summed E-state index contributed by atoms with van der Waals surface area (Å²) in [6.45, 7) is 2.93. The molecule has 2 aliphatic rings. The number of nitrogens with zero attached hydrogens (tertiary/aromatic N) is 3. The van der Waals surface area contributed by atoms with E-state index >= 15 is 0 Å². The van der Waals surface area contributed by atoms with Gasteiger partial charge in [-0.25, -0.2) is 9.71 Å². The molecule has 2 aromatic rings. The fraction of sp³-hybridized carbons (Fsp3) is 0.542. The van der Waals surface area contributed by atoms with Gasteiger partial charge in [0.15, 0.2) is 5.82 Å². The lowest BCUT2D eigenvalue weighted by Gasteiger charge is -2.33. The molecular weight excluding hydrogens is 504 g/mol. The number of amides is 1. The molecule has 1 aliphatic carbocycles. The molecule has 4 rings (SSSR count). The van der Waals surface area contributed by atoms with Crippen molar-refractivity contribution >= 4 is 51.9 Å². The van der Waals surface area contributed by atoms with Crippen molar-refractivity contribution in [3.05, 3.63) is 28.9 Å². The SMILES string of the molecule is CCN1C(=O)CCCc2c1ccc(Nc1ncc(Cl)c(N[C@@H]3CCCC[C@@H]3CNS(=O)[O-])n1)c2OC. The van der Waals surface area contributed by atoms with Crippen molar-refractivity contribution in [2.75, 3.05) is 35.7 Å². The summed E-state index contributed by atoms with van der Waals surface area (Å²) in [5.74, 6) is 1.76. The normalized spacial score (nSPS) is 20.9. The van der Waals surface area contributed by atoms with Gasteiger partial charge in [-0.3, -0.25) is 9.00 Å². The second-order valence-corrected chi connectivity index (χ2v) is 10.2. The summed E-state index contributed by atoms with van der Waals surface area (Å²) in [5.41, 5.74) is 2.56. The van der Waals surface area contributed by atoms with Crippen LogP contribution in [0.3, 0.4) is 0 Å². The summed E-state index contributed by atoms with van der Waals surface area (Å²) in [5, 5.41) is 7.05. The Morgan fingerprint density at radius 2 is 2.06 bits per heavy atom. The smallest absolute Gasteiger partial charge is 0.229 e. The number of methoxy groups -OCH3 is 1. The predicted octanol–water partition coefficient (Wildman–Crippen LogP) is 3.93. The van der Waals surface area contributed by atoms with Gasteiger partial charge >= 0.3 is 0 Å². The van der Waals surface area contributed by atoms with Gasteiger partial charge in [-0.05, 0) is 50.7 Å². The van der Waals surface area contributed by atoms with Gasteiger partial charge in [0.2, 0.25) is 11.9 Å². The molecule has 2 heterocycles. The van der Waals surface area contributed by atoms with Gasteiger partial charge < -0.3 is 24.8 Å². The number of carbonyl (C=O) groups excluding carboxylic acids is 1. The fourth-order valence-electron chi connectivity index (χ4n) is 5.12. The highest BCUT2D eigenvalue weighted by atomic mass is 35.5. The number of benzene rings is 1. The van der Waals surface area contributed by atoms with Crippen LogP contribution in [0.5, 0.6) is 5.75 Å². The van der Waals surface area contributed by atoms with E-state index in [4.69, 9.17) is 16.3 Å². The lowest BCUT2D eigenvalue weighted by molar-refractivity contribution is -0.118. The molecule has 10 nitrogen and oxygen atoms in total. The van der Waals surface area contributed by atoms with Gasteiger partial charge in [0.1, 0.15) is 10.8 Å². The molecule has 0 bridgehead atoms. The van der Waals surface area contributed by atoms with E-state index in [9.17, 15) is 13.6 Å². The van der Waals surface area contributed by atoms with Gasteiger partial charge in [0.25, 0.3) is 0 Å². The molecule has 36 heavy (non-hydrogen) atoms. The molecule has 1 amide bonds. The van der Waals surface area contributed by atoms with E-state index in [2.05, 4.69) is 25.3 Å². The third-order valence-corrected chi connectivity index (χ3v) is 7.53. The average Bonchev–Trinajstić information content (AvgIpc) is 3.03. The van der Waals surface area contributed by atoms with E-state index in [1.165, 1.54) is 6.20 Å². The number of halogens is 1. The molecule has 12 heteroatoms. The fourth-order valence-corrected chi connectivity index (χ4v) is 5.61. The Morgan fingerprint density at radius 3 is 2.81 bits per heavy atom. The Balaban J connectivity index is 1.57. The minimum absolute atomic E-state index is 0.0367. The molecular formula is C24H32ClN6O4S-. The van der Waals surface area contributed by atoms with Crippen molar-refractivity contribution in [3.63, 3.8) is 0 Å². The van der Waals surface area contributed by atoms with Gasteiger partial charge in [0, 0.05) is 42.4 Å². The lowest BCUT2D eigenvalue weighted by atomic mass is 9.84. The summed E-state index contributed by atoms with van der Waals surface area (Å²) >= 11 is 4.13. The summed E-state index contributed by atoms with van der Waals surface area (Å²) in [6.07, 6.45) is 7.44. The topological polar surface area (TPSA) is 132 Å². The number of hydrogen-bond acceptors (Lipinski definition) is 8. The molecule has 3 N–H and O–H groups in total. The van der Waals surface area contributed by atoms with Crippen molar-refractivity contribution in [1.29, 1.82) is 0 Å². The van der Waals surface area contributed by atoms with Crippen LogP contribution in [-0.4, -0.2) is 50.9 Å². The molecule has 1 saturated carbocycles. The molecule has 196 valence electrons. The molecule has 1 aromatic carbocycles. The van der Waals surface area contributed by atoms with Crippen LogP contribution in [0.25, 0.3) is 0 Å². The van der Waals surface area contributed by atoms with Gasteiger partial charge in [-0.15, -0.1) is 0 Å². The molecule has 0 saturated heterocycles. The van der Waals surface area contributed by atoms with Crippen LogP contribution in [0.15, 0.2) is 18.3 Å². The Morgan fingerprint density at radius 1 is 1.25 bits per heavy atom. The third-order valence-electron chi connectivity index (χ3n) is 6.85. The maximum atomic E-state index is 12.5. The lowest BCUT2D eigenvalue weighted by Crippen LogP contribution is -2.39. The predicted molar refractivity (Wildman–Crippen MR) is 141 cm³/mol. The van der Waals surface area contributed by atoms with Crippen LogP contribution in [0, 0.1) is 5.92 Å². The average molecular weight is 536 g/mol. The standard InChI is InChI=1S/C24H33ClN6O4S/c1-3-31-20-12-11-19(22(35-2)16(20)8-6-10-21(31)32)29-24-26-14-17(25)23(30-24)28-18-9-5-4-7-15(18)13-27-36(33)34/h11-12,14-15,18,27H,3-10,13H2,1-2H3,(H,33,34)(H2,26,28,29,30)/p-1/t15-,18-/m1/s1. The zero-order valence-corrected chi connectivity index (χ0v) is 22.1. The van der Waals surface area contributed by atoms with Crippen LogP contribution in [0.4, 0.5) is 23.1 Å². The van der Waals surface area contributed by atoms with Crippen LogP contribution in [-0.2, 0) is 22.5 Å². The molecule has 1 aromatic heterocycles. The highest BCUT2D eigenvalue weighted by Gasteiger charge is 2.27. The largest absolute Gasteiger partial charge is 0.760 e. The van der Waals surface area contributed by atoms with E-state index in [1.54, 1.807) is 12.0 Å². The molecule has 3 atom stereocenters. The first kappa shape index (κ1) is 26.6. The maximum absolute atomic E-state index is 12.5. The highest BCUT2D eigenvalue weighted by Crippen LogP contribution is 2.40.